The first-order valence-electron chi connectivity index (χ1n) is 6.71. The van der Waals surface area contributed by atoms with E-state index >= 15 is 0 Å². The molecule has 0 spiro atoms. The van der Waals surface area contributed by atoms with Crippen LogP contribution in [0.1, 0.15) is 24.8 Å². The van der Waals surface area contributed by atoms with Gasteiger partial charge >= 0.3 is 0 Å². The Hall–Kier alpha value is -1.82. The summed E-state index contributed by atoms with van der Waals surface area (Å²) in [6.45, 7) is 0. The predicted octanol–water partition coefficient (Wildman–Crippen LogP) is 3.02. The zero-order valence-electron chi connectivity index (χ0n) is 11.1. The summed E-state index contributed by atoms with van der Waals surface area (Å²) in [4.78, 5) is 0. The fourth-order valence-electron chi connectivity index (χ4n) is 2.35. The van der Waals surface area contributed by atoms with E-state index in [4.69, 9.17) is 12.3 Å². The van der Waals surface area contributed by atoms with E-state index in [-0.39, 0.29) is 6.04 Å². The van der Waals surface area contributed by atoms with E-state index in [1.54, 1.807) is 0 Å². The molecule has 98 valence electrons. The Balaban J connectivity index is 2.04. The Kier molecular flexibility index (Phi) is 4.97. The molecule has 0 aliphatic carbocycles. The standard InChI is InChI=1S/C17H20N2/c1-2-3-4-9-17(19-18)13-14-10-11-15-7-5-6-8-16(15)12-14/h1,5-8,10-12,17,19H,3-4,9,13,18H2. The van der Waals surface area contributed by atoms with E-state index in [2.05, 4.69) is 53.8 Å². The third kappa shape index (κ3) is 3.82. The van der Waals surface area contributed by atoms with Gasteiger partial charge in [0.05, 0.1) is 0 Å². The highest BCUT2D eigenvalue weighted by Gasteiger charge is 2.07. The Labute approximate surface area is 115 Å². The van der Waals surface area contributed by atoms with Crippen LogP contribution in [0.15, 0.2) is 42.5 Å². The molecule has 0 saturated carbocycles. The van der Waals surface area contributed by atoms with Crippen molar-refractivity contribution in [3.8, 4) is 12.3 Å². The number of rotatable bonds is 6. The Morgan fingerprint density at radius 1 is 1.16 bits per heavy atom. The van der Waals surface area contributed by atoms with Crippen LogP contribution in [0.3, 0.4) is 0 Å². The van der Waals surface area contributed by atoms with Crippen molar-refractivity contribution in [2.24, 2.45) is 5.84 Å². The quantitative estimate of drug-likeness (QED) is 0.359. The minimum absolute atomic E-state index is 0.287. The lowest BCUT2D eigenvalue weighted by Crippen LogP contribution is -2.36. The molecule has 0 fully saturated rings. The van der Waals surface area contributed by atoms with Crippen molar-refractivity contribution in [2.75, 3.05) is 0 Å². The molecule has 19 heavy (non-hydrogen) atoms. The number of hydrogen-bond acceptors (Lipinski definition) is 2. The number of fused-ring (bicyclic) bond motifs is 1. The van der Waals surface area contributed by atoms with Crippen molar-refractivity contribution in [3.63, 3.8) is 0 Å². The number of nitrogens with one attached hydrogen (secondary N) is 1. The molecule has 2 rings (SSSR count). The second kappa shape index (κ2) is 6.94. The number of hydrogen-bond donors (Lipinski definition) is 2. The molecule has 0 aromatic heterocycles. The maximum atomic E-state index is 5.61. The van der Waals surface area contributed by atoms with Crippen LogP contribution in [-0.4, -0.2) is 6.04 Å². The van der Waals surface area contributed by atoms with Crippen LogP contribution in [0.5, 0.6) is 0 Å². The van der Waals surface area contributed by atoms with E-state index in [0.717, 1.165) is 25.7 Å². The first-order chi connectivity index (χ1) is 9.33. The van der Waals surface area contributed by atoms with Crippen LogP contribution in [0.2, 0.25) is 0 Å². The molecule has 2 aromatic rings. The van der Waals surface area contributed by atoms with Crippen molar-refractivity contribution in [1.82, 2.24) is 5.43 Å². The average molecular weight is 252 g/mol. The maximum Gasteiger partial charge on any atom is 0.0251 e. The summed E-state index contributed by atoms with van der Waals surface area (Å²) in [5.74, 6) is 8.28. The number of benzene rings is 2. The molecule has 0 heterocycles. The van der Waals surface area contributed by atoms with Gasteiger partial charge in [-0.05, 0) is 35.6 Å². The fraction of sp³-hybridized carbons (Fsp3) is 0.294. The van der Waals surface area contributed by atoms with Gasteiger partial charge in [-0.15, -0.1) is 12.3 Å². The summed E-state index contributed by atoms with van der Waals surface area (Å²) in [7, 11) is 0. The van der Waals surface area contributed by atoms with Crippen LogP contribution in [-0.2, 0) is 6.42 Å². The van der Waals surface area contributed by atoms with Gasteiger partial charge in [-0.2, -0.15) is 0 Å². The molecular weight excluding hydrogens is 232 g/mol. The molecule has 0 saturated heterocycles. The molecule has 2 heteroatoms. The van der Waals surface area contributed by atoms with E-state index in [1.165, 1.54) is 16.3 Å². The van der Waals surface area contributed by atoms with Crippen LogP contribution < -0.4 is 11.3 Å². The van der Waals surface area contributed by atoms with Crippen molar-refractivity contribution in [3.05, 3.63) is 48.0 Å². The molecule has 2 aromatic carbocycles. The van der Waals surface area contributed by atoms with E-state index < -0.39 is 0 Å². The van der Waals surface area contributed by atoms with Crippen molar-refractivity contribution in [1.29, 1.82) is 0 Å². The van der Waals surface area contributed by atoms with Crippen molar-refractivity contribution >= 4 is 10.8 Å². The van der Waals surface area contributed by atoms with Crippen molar-refractivity contribution < 1.29 is 0 Å². The normalized spacial score (nSPS) is 12.2. The lowest BCUT2D eigenvalue weighted by molar-refractivity contribution is 0.480. The van der Waals surface area contributed by atoms with Crippen LogP contribution in [0.25, 0.3) is 10.8 Å². The lowest BCUT2D eigenvalue weighted by atomic mass is 9.99. The zero-order chi connectivity index (χ0) is 13.5. The lowest BCUT2D eigenvalue weighted by Gasteiger charge is -2.15. The number of hydrazine groups is 1. The summed E-state index contributed by atoms with van der Waals surface area (Å²) < 4.78 is 0. The summed E-state index contributed by atoms with van der Waals surface area (Å²) in [5, 5.41) is 2.55. The summed E-state index contributed by atoms with van der Waals surface area (Å²) >= 11 is 0. The number of terminal acetylenes is 1. The summed E-state index contributed by atoms with van der Waals surface area (Å²) in [5.41, 5.74) is 4.20. The molecule has 3 N–H and O–H groups in total. The summed E-state index contributed by atoms with van der Waals surface area (Å²) in [6, 6.07) is 15.3. The van der Waals surface area contributed by atoms with E-state index in [1.807, 2.05) is 0 Å². The molecule has 0 radical (unpaired) electrons. The van der Waals surface area contributed by atoms with E-state index in [0.29, 0.717) is 0 Å². The third-order valence-electron chi connectivity index (χ3n) is 3.41. The smallest absolute Gasteiger partial charge is 0.0251 e. The molecule has 0 aliphatic rings. The molecule has 2 nitrogen and oxygen atoms in total. The Bertz CT molecular complexity index is 569. The van der Waals surface area contributed by atoms with Gasteiger partial charge < -0.3 is 0 Å². The summed E-state index contributed by atoms with van der Waals surface area (Å²) in [6.07, 6.45) is 9.04. The van der Waals surface area contributed by atoms with Crippen molar-refractivity contribution in [2.45, 2.75) is 31.7 Å². The minimum Gasteiger partial charge on any atom is -0.271 e. The minimum atomic E-state index is 0.287. The Morgan fingerprint density at radius 3 is 2.68 bits per heavy atom. The largest absolute Gasteiger partial charge is 0.271 e. The number of nitrogens with two attached hydrogens (primary N) is 1. The van der Waals surface area contributed by atoms with Gasteiger partial charge in [0.15, 0.2) is 0 Å². The molecule has 1 atom stereocenters. The Morgan fingerprint density at radius 2 is 1.95 bits per heavy atom. The van der Waals surface area contributed by atoms with Gasteiger partial charge in [-0.1, -0.05) is 42.5 Å². The first-order valence-corrected chi connectivity index (χ1v) is 6.71. The molecule has 0 bridgehead atoms. The fourth-order valence-corrected chi connectivity index (χ4v) is 2.35. The van der Waals surface area contributed by atoms with Crippen LogP contribution in [0.4, 0.5) is 0 Å². The van der Waals surface area contributed by atoms with Gasteiger partial charge in [0.25, 0.3) is 0 Å². The van der Waals surface area contributed by atoms with Gasteiger partial charge in [0, 0.05) is 12.5 Å². The van der Waals surface area contributed by atoms with Crippen LogP contribution >= 0.6 is 0 Å². The van der Waals surface area contributed by atoms with Gasteiger partial charge in [0.2, 0.25) is 0 Å². The van der Waals surface area contributed by atoms with Crippen LogP contribution in [0, 0.1) is 12.3 Å². The highest BCUT2D eigenvalue weighted by Crippen LogP contribution is 2.17. The van der Waals surface area contributed by atoms with Gasteiger partial charge in [-0.3, -0.25) is 11.3 Å². The monoisotopic (exact) mass is 252 g/mol. The zero-order valence-corrected chi connectivity index (χ0v) is 11.1. The van der Waals surface area contributed by atoms with Gasteiger partial charge in [0.1, 0.15) is 0 Å². The molecule has 1 unspecified atom stereocenters. The van der Waals surface area contributed by atoms with Gasteiger partial charge in [-0.25, -0.2) is 0 Å². The molecule has 0 aliphatic heterocycles. The second-order valence-electron chi connectivity index (χ2n) is 4.85. The average Bonchev–Trinajstić information content (AvgIpc) is 2.46. The van der Waals surface area contributed by atoms with E-state index in [9.17, 15) is 0 Å². The molecule has 0 amide bonds. The number of unbranched alkanes of at least 4 members (excludes halogenated alkanes) is 1. The highest BCUT2D eigenvalue weighted by molar-refractivity contribution is 5.82. The molecular formula is C17H20N2. The first kappa shape index (κ1) is 13.6. The SMILES string of the molecule is C#CCCCC(Cc1ccc2ccccc2c1)NN. The topological polar surface area (TPSA) is 38.0 Å². The predicted molar refractivity (Wildman–Crippen MR) is 81.4 cm³/mol. The third-order valence-corrected chi connectivity index (χ3v) is 3.41. The maximum absolute atomic E-state index is 5.61. The highest BCUT2D eigenvalue weighted by atomic mass is 15.2. The second-order valence-corrected chi connectivity index (χ2v) is 4.85.